The highest BCUT2D eigenvalue weighted by Crippen LogP contribution is 2.68. The Balaban J connectivity index is 1.66. The van der Waals surface area contributed by atoms with Gasteiger partial charge in [-0.2, -0.15) is 0 Å². The smallest absolute Gasteiger partial charge is 0.410 e. The van der Waals surface area contributed by atoms with Crippen LogP contribution in [0.2, 0.25) is 0 Å². The van der Waals surface area contributed by atoms with Crippen LogP contribution in [0, 0.1) is 29.1 Å². The molecular formula is C16H28N2O2. The average molecular weight is 280 g/mol. The van der Waals surface area contributed by atoms with Crippen molar-refractivity contribution in [3.8, 4) is 0 Å². The first-order valence-electron chi connectivity index (χ1n) is 7.86. The highest BCUT2D eigenvalue weighted by atomic mass is 16.6. The molecule has 1 unspecified atom stereocenters. The zero-order valence-electron chi connectivity index (χ0n) is 13.3. The highest BCUT2D eigenvalue weighted by Gasteiger charge is 2.68. The van der Waals surface area contributed by atoms with Crippen LogP contribution < -0.4 is 5.73 Å². The van der Waals surface area contributed by atoms with E-state index < -0.39 is 5.60 Å². The van der Waals surface area contributed by atoms with Gasteiger partial charge in [-0.15, -0.1) is 0 Å². The Bertz CT molecular complexity index is 427. The third-order valence-electron chi connectivity index (χ3n) is 5.80. The van der Waals surface area contributed by atoms with Crippen molar-refractivity contribution in [1.29, 1.82) is 0 Å². The topological polar surface area (TPSA) is 55.6 Å². The quantitative estimate of drug-likeness (QED) is 0.845. The zero-order chi connectivity index (χ0) is 14.9. The van der Waals surface area contributed by atoms with Gasteiger partial charge in [0.05, 0.1) is 0 Å². The molecule has 2 saturated heterocycles. The second-order valence-electron chi connectivity index (χ2n) is 8.46. The van der Waals surface area contributed by atoms with Crippen molar-refractivity contribution < 1.29 is 9.53 Å². The van der Waals surface area contributed by atoms with E-state index >= 15 is 0 Å². The maximum absolute atomic E-state index is 12.3. The zero-order valence-corrected chi connectivity index (χ0v) is 13.3. The van der Waals surface area contributed by atoms with Gasteiger partial charge in [0.2, 0.25) is 0 Å². The summed E-state index contributed by atoms with van der Waals surface area (Å²) in [6, 6.07) is 0.399. The highest BCUT2D eigenvalue weighted by molar-refractivity contribution is 5.70. The molecule has 2 bridgehead atoms. The van der Waals surface area contributed by atoms with Gasteiger partial charge in [0.1, 0.15) is 5.60 Å². The Hall–Kier alpha value is -0.770. The van der Waals surface area contributed by atoms with Gasteiger partial charge in [0.25, 0.3) is 0 Å². The number of fused-ring (bicyclic) bond motifs is 1. The van der Waals surface area contributed by atoms with Crippen molar-refractivity contribution in [3.05, 3.63) is 0 Å². The fourth-order valence-corrected chi connectivity index (χ4v) is 4.73. The van der Waals surface area contributed by atoms with Crippen LogP contribution in [0.5, 0.6) is 0 Å². The molecule has 0 radical (unpaired) electrons. The van der Waals surface area contributed by atoms with Crippen molar-refractivity contribution in [2.24, 2.45) is 34.8 Å². The molecule has 0 aromatic heterocycles. The molecule has 0 aromatic carbocycles. The van der Waals surface area contributed by atoms with E-state index in [-0.39, 0.29) is 6.09 Å². The lowest BCUT2D eigenvalue weighted by molar-refractivity contribution is 0.0177. The van der Waals surface area contributed by atoms with E-state index in [9.17, 15) is 4.79 Å². The van der Waals surface area contributed by atoms with E-state index in [0.29, 0.717) is 35.1 Å². The molecule has 4 fully saturated rings. The maximum Gasteiger partial charge on any atom is 0.410 e. The number of nitrogens with zero attached hydrogens (tertiary/aromatic N) is 1. The SMILES string of the molecule is CC(C)(C)OC(=O)N1C[C@@H]2C[C@H]1C2[C@H]1[C@H](CN)C1(C)C. The second kappa shape index (κ2) is 4.12. The number of hydrogen-bond donors (Lipinski definition) is 1. The molecule has 114 valence electrons. The molecule has 5 atom stereocenters. The maximum atomic E-state index is 12.3. The number of nitrogens with two attached hydrogens (primary N) is 1. The predicted octanol–water partition coefficient (Wildman–Crippen LogP) is 2.47. The molecule has 0 aromatic rings. The first kappa shape index (κ1) is 14.2. The fourth-order valence-electron chi connectivity index (χ4n) is 4.73. The normalized spacial score (nSPS) is 41.3. The third kappa shape index (κ3) is 1.95. The van der Waals surface area contributed by atoms with Gasteiger partial charge >= 0.3 is 6.09 Å². The Morgan fingerprint density at radius 2 is 2.05 bits per heavy atom. The summed E-state index contributed by atoms with van der Waals surface area (Å²) >= 11 is 0. The summed E-state index contributed by atoms with van der Waals surface area (Å²) < 4.78 is 5.53. The van der Waals surface area contributed by atoms with Crippen LogP contribution in [-0.2, 0) is 4.74 Å². The lowest BCUT2D eigenvalue weighted by Gasteiger charge is -2.38. The number of carbonyl (C=O) groups is 1. The van der Waals surface area contributed by atoms with Crippen LogP contribution in [0.1, 0.15) is 41.0 Å². The van der Waals surface area contributed by atoms with E-state index in [1.54, 1.807) is 0 Å². The molecule has 2 aliphatic heterocycles. The Morgan fingerprint density at radius 1 is 1.40 bits per heavy atom. The minimum Gasteiger partial charge on any atom is -0.444 e. The second-order valence-corrected chi connectivity index (χ2v) is 8.46. The van der Waals surface area contributed by atoms with E-state index in [1.165, 1.54) is 0 Å². The molecule has 2 heterocycles. The lowest BCUT2D eigenvalue weighted by atomic mass is 9.69. The molecule has 20 heavy (non-hydrogen) atoms. The minimum atomic E-state index is -0.405. The first-order valence-corrected chi connectivity index (χ1v) is 7.86. The van der Waals surface area contributed by atoms with Crippen LogP contribution >= 0.6 is 0 Å². The van der Waals surface area contributed by atoms with Gasteiger partial charge in [-0.3, -0.25) is 0 Å². The van der Waals surface area contributed by atoms with Crippen molar-refractivity contribution in [3.63, 3.8) is 0 Å². The number of carbonyl (C=O) groups excluding carboxylic acids is 1. The van der Waals surface area contributed by atoms with Crippen molar-refractivity contribution in [1.82, 2.24) is 4.90 Å². The molecular weight excluding hydrogens is 252 g/mol. The van der Waals surface area contributed by atoms with Crippen molar-refractivity contribution in [2.75, 3.05) is 13.1 Å². The van der Waals surface area contributed by atoms with Gasteiger partial charge in [0.15, 0.2) is 0 Å². The Kier molecular flexibility index (Phi) is 2.92. The minimum absolute atomic E-state index is 0.129. The largest absolute Gasteiger partial charge is 0.444 e. The van der Waals surface area contributed by atoms with Crippen LogP contribution in [0.25, 0.3) is 0 Å². The summed E-state index contributed by atoms with van der Waals surface area (Å²) in [4.78, 5) is 14.3. The van der Waals surface area contributed by atoms with Gasteiger partial charge in [-0.05, 0) is 62.8 Å². The van der Waals surface area contributed by atoms with E-state index in [1.807, 2.05) is 25.7 Å². The molecule has 2 N–H and O–H groups in total. The summed E-state index contributed by atoms with van der Waals surface area (Å²) in [6.07, 6.45) is 1.03. The van der Waals surface area contributed by atoms with E-state index in [2.05, 4.69) is 13.8 Å². The number of rotatable bonds is 2. The molecule has 2 saturated carbocycles. The summed E-state index contributed by atoms with van der Waals surface area (Å²) in [5.41, 5.74) is 5.86. The fraction of sp³-hybridized carbons (Fsp3) is 0.938. The number of ether oxygens (including phenoxy) is 1. The summed E-state index contributed by atoms with van der Waals surface area (Å²) in [5, 5.41) is 0. The molecule has 2 aliphatic carbocycles. The van der Waals surface area contributed by atoms with Crippen molar-refractivity contribution >= 4 is 6.09 Å². The summed E-state index contributed by atoms with van der Waals surface area (Å²) in [7, 11) is 0. The molecule has 4 aliphatic rings. The third-order valence-corrected chi connectivity index (χ3v) is 5.80. The molecule has 4 nitrogen and oxygen atoms in total. The first-order chi connectivity index (χ1) is 9.16. The number of hydrogen-bond acceptors (Lipinski definition) is 3. The van der Waals surface area contributed by atoms with Crippen LogP contribution in [0.3, 0.4) is 0 Å². The monoisotopic (exact) mass is 280 g/mol. The molecule has 4 rings (SSSR count). The van der Waals surface area contributed by atoms with Crippen molar-refractivity contribution in [2.45, 2.75) is 52.7 Å². The van der Waals surface area contributed by atoms with Gasteiger partial charge in [-0.25, -0.2) is 4.79 Å². The van der Waals surface area contributed by atoms with Gasteiger partial charge < -0.3 is 15.4 Å². The summed E-state index contributed by atoms with van der Waals surface area (Å²) in [6.45, 7) is 12.1. The number of amides is 1. The summed E-state index contributed by atoms with van der Waals surface area (Å²) in [5.74, 6) is 2.67. The molecule has 1 amide bonds. The predicted molar refractivity (Wildman–Crippen MR) is 78.1 cm³/mol. The van der Waals surface area contributed by atoms with Gasteiger partial charge in [-0.1, -0.05) is 13.8 Å². The van der Waals surface area contributed by atoms with E-state index in [0.717, 1.165) is 19.5 Å². The van der Waals surface area contributed by atoms with E-state index in [4.69, 9.17) is 10.5 Å². The average Bonchev–Trinajstić information content (AvgIpc) is 2.71. The lowest BCUT2D eigenvalue weighted by Crippen LogP contribution is -2.44. The van der Waals surface area contributed by atoms with Crippen LogP contribution in [-0.4, -0.2) is 35.7 Å². The van der Waals surface area contributed by atoms with Crippen LogP contribution in [0.15, 0.2) is 0 Å². The molecule has 4 heteroatoms. The van der Waals surface area contributed by atoms with Crippen LogP contribution in [0.4, 0.5) is 4.79 Å². The Morgan fingerprint density at radius 3 is 2.55 bits per heavy atom. The standard InChI is InChI=1S/C16H28N2O2/c1-15(2,3)20-14(19)18-8-9-6-11(18)12(9)13-10(7-17)16(13,4)5/h9-13H,6-8,17H2,1-5H3/t9-,10-,11-,12?,13+/m0/s1. The molecule has 0 spiro atoms. The van der Waals surface area contributed by atoms with Gasteiger partial charge in [0, 0.05) is 12.6 Å². The Labute approximate surface area is 122 Å².